The first-order valence-electron chi connectivity index (χ1n) is 11.3. The van der Waals surface area contributed by atoms with Crippen LogP contribution in [0.25, 0.3) is 0 Å². The zero-order valence-corrected chi connectivity index (χ0v) is 18.5. The summed E-state index contributed by atoms with van der Waals surface area (Å²) in [5.74, 6) is -1.16. The number of ether oxygens (including phenoxy) is 1. The maximum Gasteiger partial charge on any atom is 0.303 e. The third-order valence-electron chi connectivity index (χ3n) is 9.56. The summed E-state index contributed by atoms with van der Waals surface area (Å²) in [7, 11) is 0. The molecule has 0 heterocycles. The van der Waals surface area contributed by atoms with Crippen LogP contribution in [0.2, 0.25) is 0 Å². The highest BCUT2D eigenvalue weighted by atomic mass is 16.5. The molecule has 7 atom stereocenters. The van der Waals surface area contributed by atoms with Gasteiger partial charge in [0.15, 0.2) is 12.4 Å². The molecule has 4 rings (SSSR count). The fourth-order valence-corrected chi connectivity index (χ4v) is 7.72. The van der Waals surface area contributed by atoms with Gasteiger partial charge in [-0.25, -0.2) is 0 Å². The molecule has 0 bridgehead atoms. The van der Waals surface area contributed by atoms with Crippen LogP contribution in [0.1, 0.15) is 72.6 Å². The lowest BCUT2D eigenvalue weighted by molar-refractivity contribution is -0.213. The normalized spacial score (nSPS) is 47.6. The Morgan fingerprint density at radius 3 is 2.50 bits per heavy atom. The lowest BCUT2D eigenvalue weighted by atomic mass is 9.44. The maximum absolute atomic E-state index is 13.1. The molecular weight excluding hydrogens is 384 g/mol. The Labute approximate surface area is 178 Å². The highest BCUT2D eigenvalue weighted by Crippen LogP contribution is 2.70. The molecule has 3 saturated carbocycles. The first kappa shape index (κ1) is 21.7. The van der Waals surface area contributed by atoms with Crippen molar-refractivity contribution in [1.29, 1.82) is 0 Å². The predicted octanol–water partition coefficient (Wildman–Crippen LogP) is 2.74. The lowest BCUT2D eigenvalue weighted by Gasteiger charge is -2.63. The van der Waals surface area contributed by atoms with Gasteiger partial charge in [0.05, 0.1) is 5.60 Å². The molecule has 0 saturated heterocycles. The van der Waals surface area contributed by atoms with Gasteiger partial charge in [-0.2, -0.15) is 0 Å². The number of ketones is 2. The summed E-state index contributed by atoms with van der Waals surface area (Å²) in [4.78, 5) is 36.3. The third kappa shape index (κ3) is 2.59. The topological polar surface area (TPSA) is 101 Å². The number of rotatable bonds is 3. The van der Waals surface area contributed by atoms with Gasteiger partial charge in [-0.3, -0.25) is 14.4 Å². The Bertz CT molecular complexity index is 832. The van der Waals surface area contributed by atoms with Gasteiger partial charge in [0.1, 0.15) is 5.60 Å². The molecule has 0 aromatic heterocycles. The fraction of sp³-hybridized carbons (Fsp3) is 0.792. The van der Waals surface area contributed by atoms with E-state index in [-0.39, 0.29) is 23.5 Å². The molecule has 6 nitrogen and oxygen atoms in total. The average Bonchev–Trinajstić information content (AvgIpc) is 2.89. The first-order valence-corrected chi connectivity index (χ1v) is 11.3. The van der Waals surface area contributed by atoms with Crippen molar-refractivity contribution in [3.63, 3.8) is 0 Å². The van der Waals surface area contributed by atoms with Crippen LogP contribution in [0.5, 0.6) is 0 Å². The van der Waals surface area contributed by atoms with E-state index in [0.29, 0.717) is 32.1 Å². The molecular formula is C24H34O6. The highest BCUT2D eigenvalue weighted by Gasteiger charge is 2.72. The third-order valence-corrected chi connectivity index (χ3v) is 9.56. The lowest BCUT2D eigenvalue weighted by Crippen LogP contribution is -2.66. The van der Waals surface area contributed by atoms with E-state index in [0.717, 1.165) is 18.4 Å². The van der Waals surface area contributed by atoms with Crippen LogP contribution in [0.15, 0.2) is 11.6 Å². The molecule has 0 radical (unpaired) electrons. The van der Waals surface area contributed by atoms with Crippen LogP contribution in [0, 0.1) is 28.6 Å². The van der Waals surface area contributed by atoms with E-state index < -0.39 is 40.4 Å². The summed E-state index contributed by atoms with van der Waals surface area (Å²) in [6, 6.07) is 0. The predicted molar refractivity (Wildman–Crippen MR) is 109 cm³/mol. The Hall–Kier alpha value is -1.53. The van der Waals surface area contributed by atoms with Crippen LogP contribution in [-0.2, 0) is 19.1 Å². The van der Waals surface area contributed by atoms with Gasteiger partial charge < -0.3 is 14.9 Å². The van der Waals surface area contributed by atoms with Crippen LogP contribution < -0.4 is 0 Å². The molecule has 4 aliphatic rings. The van der Waals surface area contributed by atoms with Gasteiger partial charge >= 0.3 is 5.97 Å². The molecule has 0 aliphatic heterocycles. The first-order chi connectivity index (χ1) is 13.9. The van der Waals surface area contributed by atoms with Crippen molar-refractivity contribution in [3.8, 4) is 0 Å². The van der Waals surface area contributed by atoms with Crippen molar-refractivity contribution in [2.45, 2.75) is 83.8 Å². The van der Waals surface area contributed by atoms with E-state index in [1.807, 2.05) is 13.8 Å². The molecule has 0 spiro atoms. The zero-order valence-electron chi connectivity index (χ0n) is 18.5. The Morgan fingerprint density at radius 1 is 1.13 bits per heavy atom. The molecule has 0 aromatic rings. The second kappa shape index (κ2) is 6.73. The summed E-state index contributed by atoms with van der Waals surface area (Å²) < 4.78 is 4.94. The second-order valence-corrected chi connectivity index (χ2v) is 10.7. The Kier molecular flexibility index (Phi) is 4.87. The van der Waals surface area contributed by atoms with E-state index >= 15 is 0 Å². The Morgan fingerprint density at radius 2 is 1.83 bits per heavy atom. The van der Waals surface area contributed by atoms with Gasteiger partial charge in [0.2, 0.25) is 5.78 Å². The van der Waals surface area contributed by atoms with Crippen molar-refractivity contribution >= 4 is 17.5 Å². The van der Waals surface area contributed by atoms with Gasteiger partial charge in [0.25, 0.3) is 0 Å². The monoisotopic (exact) mass is 418 g/mol. The number of carbonyl (C=O) groups excluding carboxylic acids is 3. The number of aliphatic hydroxyl groups is 2. The molecule has 2 N–H and O–H groups in total. The molecule has 0 aromatic carbocycles. The minimum absolute atomic E-state index is 0.00599. The molecule has 166 valence electrons. The minimum atomic E-state index is -1.58. The van der Waals surface area contributed by atoms with E-state index in [9.17, 15) is 24.6 Å². The largest absolute Gasteiger partial charge is 0.458 e. The standard InChI is InChI=1S/C24H34O6/c1-14-11-19-18-6-5-16-12-17(26)7-8-21(16,3)23(18,28)10-9-22(19,4)24(14,29)20(27)13-30-15(2)25/h12,14,18-19,28-29H,5-11,13H2,1-4H3/t14-,18-,19-,21-,22-,23+,24-/m0/s1. The number of carbonyl (C=O) groups is 3. The molecule has 6 heteroatoms. The van der Waals surface area contributed by atoms with Crippen LogP contribution in [-0.4, -0.2) is 45.6 Å². The molecule has 0 unspecified atom stereocenters. The fourth-order valence-electron chi connectivity index (χ4n) is 7.72. The average molecular weight is 419 g/mol. The zero-order chi connectivity index (χ0) is 22.1. The van der Waals surface area contributed by atoms with Crippen molar-refractivity contribution in [2.75, 3.05) is 6.61 Å². The molecule has 0 amide bonds. The van der Waals surface area contributed by atoms with Crippen molar-refractivity contribution < 1.29 is 29.3 Å². The van der Waals surface area contributed by atoms with E-state index in [1.165, 1.54) is 6.92 Å². The van der Waals surface area contributed by atoms with Crippen LogP contribution in [0.3, 0.4) is 0 Å². The summed E-state index contributed by atoms with van der Waals surface area (Å²) in [5.41, 5.74) is -2.56. The van der Waals surface area contributed by atoms with E-state index in [2.05, 4.69) is 6.92 Å². The summed E-state index contributed by atoms with van der Waals surface area (Å²) in [5, 5.41) is 23.8. The number of hydrogen-bond donors (Lipinski definition) is 2. The van der Waals surface area contributed by atoms with Gasteiger partial charge in [-0.05, 0) is 62.4 Å². The van der Waals surface area contributed by atoms with Crippen molar-refractivity contribution in [2.24, 2.45) is 28.6 Å². The minimum Gasteiger partial charge on any atom is -0.458 e. The number of fused-ring (bicyclic) bond motifs is 5. The number of hydrogen-bond acceptors (Lipinski definition) is 6. The summed E-state index contributed by atoms with van der Waals surface area (Å²) >= 11 is 0. The molecule has 3 fully saturated rings. The highest BCUT2D eigenvalue weighted by molar-refractivity contribution is 5.92. The van der Waals surface area contributed by atoms with Gasteiger partial charge in [-0.15, -0.1) is 0 Å². The van der Waals surface area contributed by atoms with Crippen molar-refractivity contribution in [3.05, 3.63) is 11.6 Å². The van der Waals surface area contributed by atoms with Crippen LogP contribution >= 0.6 is 0 Å². The smallest absolute Gasteiger partial charge is 0.303 e. The van der Waals surface area contributed by atoms with Crippen molar-refractivity contribution in [1.82, 2.24) is 0 Å². The summed E-state index contributed by atoms with van der Waals surface area (Å²) in [6.07, 6.45) is 6.05. The number of Topliss-reactive ketones (excluding diaryl/α,β-unsaturated/α-hetero) is 1. The molecule has 30 heavy (non-hydrogen) atoms. The van der Waals surface area contributed by atoms with Gasteiger partial charge in [0, 0.05) is 24.2 Å². The quantitative estimate of drug-likeness (QED) is 0.684. The van der Waals surface area contributed by atoms with E-state index in [1.54, 1.807) is 6.08 Å². The SMILES string of the molecule is CC(=O)OCC(=O)[C@@]1(O)[C@@H](C)C[C@H]2[C@@H]3CCC4=CC(=O)CC[C@]4(C)[C@@]3(O)CC[C@@]21C. The summed E-state index contributed by atoms with van der Waals surface area (Å²) in [6.45, 7) is 6.80. The second-order valence-electron chi connectivity index (χ2n) is 10.7. The van der Waals surface area contributed by atoms with Gasteiger partial charge in [-0.1, -0.05) is 26.3 Å². The number of esters is 1. The molecule has 4 aliphatic carbocycles. The Balaban J connectivity index is 1.70. The van der Waals surface area contributed by atoms with Crippen LogP contribution in [0.4, 0.5) is 0 Å². The maximum atomic E-state index is 13.1. The van der Waals surface area contributed by atoms with E-state index in [4.69, 9.17) is 4.74 Å².